The Hall–Kier alpha value is -2.96. The van der Waals surface area contributed by atoms with E-state index in [0.717, 1.165) is 16.6 Å². The average Bonchev–Trinajstić information content (AvgIpc) is 3.08. The van der Waals surface area contributed by atoms with Gasteiger partial charge in [-0.05, 0) is 18.9 Å². The van der Waals surface area contributed by atoms with Crippen LogP contribution in [0, 0.1) is 0 Å². The highest BCUT2D eigenvalue weighted by Crippen LogP contribution is 2.18. The first-order chi connectivity index (χ1) is 11.9. The summed E-state index contributed by atoms with van der Waals surface area (Å²) in [6.07, 6.45) is 2.34. The smallest absolute Gasteiger partial charge is 0.314 e. The van der Waals surface area contributed by atoms with Gasteiger partial charge in [-0.3, -0.25) is 18.7 Å². The van der Waals surface area contributed by atoms with Crippen LogP contribution >= 0.6 is 0 Å². The second-order valence-corrected chi connectivity index (χ2v) is 6.12. The number of hydrogen-bond donors (Lipinski definition) is 0. The Morgan fingerprint density at radius 2 is 1.76 bits per heavy atom. The molecule has 0 radical (unpaired) electrons. The highest BCUT2D eigenvalue weighted by molar-refractivity contribution is 5.99. The molecule has 7 nitrogen and oxygen atoms in total. The van der Waals surface area contributed by atoms with E-state index in [4.69, 9.17) is 0 Å². The molecule has 0 aliphatic carbocycles. The average molecular weight is 340 g/mol. The van der Waals surface area contributed by atoms with Gasteiger partial charge in [-0.1, -0.05) is 31.2 Å². The molecule has 25 heavy (non-hydrogen) atoms. The van der Waals surface area contributed by atoms with Crippen LogP contribution in [0.1, 0.15) is 35.8 Å². The van der Waals surface area contributed by atoms with Gasteiger partial charge in [0.1, 0.15) is 0 Å². The Labute approximate surface area is 144 Å². The molecular weight excluding hydrogens is 320 g/mol. The molecule has 130 valence electrons. The van der Waals surface area contributed by atoms with E-state index in [1.165, 1.54) is 22.5 Å². The number of aryl methyl sites for hydroxylation is 2. The molecule has 3 aromatic rings. The van der Waals surface area contributed by atoms with Crippen LogP contribution in [-0.2, 0) is 20.5 Å². The van der Waals surface area contributed by atoms with Gasteiger partial charge in [0.25, 0.3) is 5.56 Å². The molecule has 0 N–H and O–H groups in total. The number of benzene rings is 1. The Morgan fingerprint density at radius 3 is 2.36 bits per heavy atom. The van der Waals surface area contributed by atoms with E-state index in [1.54, 1.807) is 26.1 Å². The predicted molar refractivity (Wildman–Crippen MR) is 95.1 cm³/mol. The highest BCUT2D eigenvalue weighted by Gasteiger charge is 2.22. The number of carbonyl (C=O) groups excluding carboxylic acids is 1. The van der Waals surface area contributed by atoms with Crippen molar-refractivity contribution in [2.45, 2.75) is 26.3 Å². The van der Waals surface area contributed by atoms with Crippen LogP contribution in [0.4, 0.5) is 0 Å². The fourth-order valence-corrected chi connectivity index (χ4v) is 2.93. The molecule has 1 atom stereocenters. The number of aromatic nitrogens is 4. The van der Waals surface area contributed by atoms with Crippen LogP contribution in [0.3, 0.4) is 0 Å². The van der Waals surface area contributed by atoms with Gasteiger partial charge in [0.05, 0.1) is 12.4 Å². The van der Waals surface area contributed by atoms with Gasteiger partial charge < -0.3 is 4.57 Å². The van der Waals surface area contributed by atoms with E-state index < -0.39 is 17.3 Å². The third-order valence-corrected chi connectivity index (χ3v) is 4.62. The molecule has 0 fully saturated rings. The lowest BCUT2D eigenvalue weighted by Gasteiger charge is -2.14. The first kappa shape index (κ1) is 16.9. The van der Waals surface area contributed by atoms with Crippen molar-refractivity contribution in [2.24, 2.45) is 14.1 Å². The van der Waals surface area contributed by atoms with E-state index in [9.17, 15) is 14.4 Å². The zero-order chi connectivity index (χ0) is 18.3. The SMILES string of the molecule is CCc1ccc(C(=O)[C@H](C)n2cnc3c2c(=O)n(C)c(=O)n3C)cc1. The number of fused-ring (bicyclic) bond motifs is 1. The van der Waals surface area contributed by atoms with Crippen molar-refractivity contribution in [1.29, 1.82) is 0 Å². The zero-order valence-electron chi connectivity index (χ0n) is 14.7. The maximum atomic E-state index is 12.8. The standard InChI is InChI=1S/C18H20N4O3/c1-5-12-6-8-13(9-7-12)15(23)11(2)22-10-19-16-14(22)17(24)21(4)18(25)20(16)3/h6-11H,5H2,1-4H3/t11-/m0/s1. The number of nitrogens with zero attached hydrogens (tertiary/aromatic N) is 4. The number of Topliss-reactive ketones (excluding diaryl/α,β-unsaturated/α-hetero) is 1. The fraction of sp³-hybridized carbons (Fsp3) is 0.333. The van der Waals surface area contributed by atoms with E-state index in [2.05, 4.69) is 11.9 Å². The Balaban J connectivity index is 2.11. The predicted octanol–water partition coefficient (Wildman–Crippen LogP) is 1.44. The fourth-order valence-electron chi connectivity index (χ4n) is 2.93. The van der Waals surface area contributed by atoms with Crippen LogP contribution in [0.5, 0.6) is 0 Å². The number of imidazole rings is 1. The molecule has 0 aliphatic rings. The molecule has 0 bridgehead atoms. The summed E-state index contributed by atoms with van der Waals surface area (Å²) in [5.74, 6) is -0.113. The van der Waals surface area contributed by atoms with E-state index in [0.29, 0.717) is 5.56 Å². The van der Waals surface area contributed by atoms with Crippen LogP contribution in [0.2, 0.25) is 0 Å². The lowest BCUT2D eigenvalue weighted by molar-refractivity contribution is 0.0936. The summed E-state index contributed by atoms with van der Waals surface area (Å²) in [7, 11) is 2.97. The summed E-state index contributed by atoms with van der Waals surface area (Å²) in [6, 6.07) is 6.83. The van der Waals surface area contributed by atoms with Crippen LogP contribution < -0.4 is 11.2 Å². The lowest BCUT2D eigenvalue weighted by atomic mass is 10.0. The topological polar surface area (TPSA) is 78.9 Å². The van der Waals surface area contributed by atoms with Gasteiger partial charge in [-0.2, -0.15) is 0 Å². The summed E-state index contributed by atoms with van der Waals surface area (Å²) < 4.78 is 3.86. The number of hydrogen-bond acceptors (Lipinski definition) is 4. The second kappa shape index (κ2) is 6.16. The van der Waals surface area contributed by atoms with Gasteiger partial charge in [0.15, 0.2) is 16.9 Å². The monoisotopic (exact) mass is 340 g/mol. The van der Waals surface area contributed by atoms with E-state index in [1.807, 2.05) is 12.1 Å². The van der Waals surface area contributed by atoms with Gasteiger partial charge >= 0.3 is 5.69 Å². The third-order valence-electron chi connectivity index (χ3n) is 4.62. The molecule has 0 spiro atoms. The zero-order valence-corrected chi connectivity index (χ0v) is 14.7. The molecule has 2 aromatic heterocycles. The van der Waals surface area contributed by atoms with Crippen LogP contribution in [-0.4, -0.2) is 24.5 Å². The minimum atomic E-state index is -0.609. The molecule has 1 aromatic carbocycles. The molecule has 7 heteroatoms. The van der Waals surface area contributed by atoms with Crippen molar-refractivity contribution in [3.8, 4) is 0 Å². The molecule has 0 amide bonds. The maximum absolute atomic E-state index is 12.8. The molecule has 0 unspecified atom stereocenters. The summed E-state index contributed by atoms with van der Waals surface area (Å²) in [6.45, 7) is 3.78. The first-order valence-electron chi connectivity index (χ1n) is 8.12. The minimum absolute atomic E-state index is 0.113. The van der Waals surface area contributed by atoms with Gasteiger partial charge in [-0.25, -0.2) is 9.78 Å². The molecule has 2 heterocycles. The van der Waals surface area contributed by atoms with Crippen LogP contribution in [0.15, 0.2) is 40.2 Å². The van der Waals surface area contributed by atoms with Gasteiger partial charge in [0.2, 0.25) is 0 Å². The summed E-state index contributed by atoms with van der Waals surface area (Å²) in [4.78, 5) is 41.5. The van der Waals surface area contributed by atoms with Crippen molar-refractivity contribution < 1.29 is 4.79 Å². The van der Waals surface area contributed by atoms with Gasteiger partial charge in [0, 0.05) is 19.7 Å². The maximum Gasteiger partial charge on any atom is 0.332 e. The molecule has 3 rings (SSSR count). The van der Waals surface area contributed by atoms with E-state index in [-0.39, 0.29) is 16.9 Å². The third kappa shape index (κ3) is 2.61. The van der Waals surface area contributed by atoms with Crippen molar-refractivity contribution in [3.63, 3.8) is 0 Å². The minimum Gasteiger partial charge on any atom is -0.314 e. The van der Waals surface area contributed by atoms with Crippen molar-refractivity contribution in [1.82, 2.24) is 18.7 Å². The summed E-state index contributed by atoms with van der Waals surface area (Å²) >= 11 is 0. The summed E-state index contributed by atoms with van der Waals surface area (Å²) in [5, 5.41) is 0. The summed E-state index contributed by atoms with van der Waals surface area (Å²) in [5.41, 5.74) is 1.34. The number of carbonyl (C=O) groups is 1. The normalized spacial score (nSPS) is 12.5. The lowest BCUT2D eigenvalue weighted by Crippen LogP contribution is -2.38. The van der Waals surface area contributed by atoms with E-state index >= 15 is 0 Å². The number of ketones is 1. The van der Waals surface area contributed by atoms with Gasteiger partial charge in [-0.15, -0.1) is 0 Å². The Kier molecular flexibility index (Phi) is 4.16. The molecular formula is C18H20N4O3. The molecule has 0 aliphatic heterocycles. The largest absolute Gasteiger partial charge is 0.332 e. The quantitative estimate of drug-likeness (QED) is 0.673. The van der Waals surface area contributed by atoms with Crippen molar-refractivity contribution in [2.75, 3.05) is 0 Å². The number of rotatable bonds is 4. The second-order valence-electron chi connectivity index (χ2n) is 6.12. The first-order valence-corrected chi connectivity index (χ1v) is 8.12. The Morgan fingerprint density at radius 1 is 1.12 bits per heavy atom. The van der Waals surface area contributed by atoms with Crippen LogP contribution in [0.25, 0.3) is 11.2 Å². The Bertz CT molecular complexity index is 1070. The molecule has 0 saturated carbocycles. The van der Waals surface area contributed by atoms with Crippen molar-refractivity contribution >= 4 is 16.9 Å². The van der Waals surface area contributed by atoms with Crippen molar-refractivity contribution in [3.05, 3.63) is 62.6 Å². The highest BCUT2D eigenvalue weighted by atomic mass is 16.2. The molecule has 0 saturated heterocycles.